The second-order valence-electron chi connectivity index (χ2n) is 6.12. The van der Waals surface area contributed by atoms with Gasteiger partial charge in [0.25, 0.3) is 11.6 Å². The maximum Gasteiger partial charge on any atom is 0.313 e. The highest BCUT2D eigenvalue weighted by Gasteiger charge is 2.40. The van der Waals surface area contributed by atoms with Crippen LogP contribution in [-0.2, 0) is 16.1 Å². The van der Waals surface area contributed by atoms with Crippen molar-refractivity contribution >= 4 is 29.3 Å². The van der Waals surface area contributed by atoms with Crippen molar-refractivity contribution in [2.24, 2.45) is 0 Å². The summed E-state index contributed by atoms with van der Waals surface area (Å²) in [5, 5.41) is 19.5. The number of nitro groups is 1. The van der Waals surface area contributed by atoms with E-state index < -0.39 is 10.9 Å². The number of carboxylic acid groups (broad SMARTS) is 1. The fraction of sp³-hybridized carbons (Fsp3) is 0.412. The highest BCUT2D eigenvalue weighted by molar-refractivity contribution is 8.00. The molecule has 0 bridgehead atoms. The van der Waals surface area contributed by atoms with Crippen molar-refractivity contribution in [3.63, 3.8) is 0 Å². The number of benzene rings is 1. The van der Waals surface area contributed by atoms with Crippen molar-refractivity contribution in [1.82, 2.24) is 4.90 Å². The van der Waals surface area contributed by atoms with Crippen LogP contribution < -0.4 is 0 Å². The smallest absolute Gasteiger partial charge is 0.313 e. The number of carbonyl (C=O) groups excluding carboxylic acids is 1. The molecule has 0 fully saturated rings. The van der Waals surface area contributed by atoms with E-state index in [1.54, 1.807) is 17.0 Å². The maximum atomic E-state index is 12.8. The number of hydrogen-bond donors (Lipinski definition) is 1. The van der Waals surface area contributed by atoms with Crippen molar-refractivity contribution in [3.8, 4) is 0 Å². The van der Waals surface area contributed by atoms with Crippen LogP contribution in [0.5, 0.6) is 0 Å². The van der Waals surface area contributed by atoms with E-state index in [4.69, 9.17) is 5.11 Å². The summed E-state index contributed by atoms with van der Waals surface area (Å²) in [7, 11) is 0. The Morgan fingerprint density at radius 3 is 2.60 bits per heavy atom. The van der Waals surface area contributed by atoms with Crippen LogP contribution in [0.15, 0.2) is 35.4 Å². The van der Waals surface area contributed by atoms with Crippen molar-refractivity contribution < 1.29 is 19.6 Å². The fourth-order valence-electron chi connectivity index (χ4n) is 3.33. The highest BCUT2D eigenvalue weighted by Crippen LogP contribution is 2.41. The number of aliphatic carboxylic acids is 1. The lowest BCUT2D eigenvalue weighted by molar-refractivity contribution is -0.384. The molecule has 1 N–H and O–H groups in total. The van der Waals surface area contributed by atoms with Gasteiger partial charge in [-0.05, 0) is 36.8 Å². The predicted molar refractivity (Wildman–Crippen MR) is 93.0 cm³/mol. The molecule has 7 nitrogen and oxygen atoms in total. The van der Waals surface area contributed by atoms with Crippen LogP contribution in [-0.4, -0.2) is 37.9 Å². The van der Waals surface area contributed by atoms with Gasteiger partial charge in [0, 0.05) is 24.3 Å². The molecule has 1 atom stereocenters. The molecular weight excluding hydrogens is 344 g/mol. The predicted octanol–water partition coefficient (Wildman–Crippen LogP) is 2.95. The summed E-state index contributed by atoms with van der Waals surface area (Å²) >= 11 is 1.26. The van der Waals surface area contributed by atoms with Gasteiger partial charge in [-0.1, -0.05) is 12.1 Å². The van der Waals surface area contributed by atoms with Gasteiger partial charge in [0.1, 0.15) is 5.37 Å². The van der Waals surface area contributed by atoms with Gasteiger partial charge in [-0.25, -0.2) is 0 Å². The third kappa shape index (κ3) is 3.68. The molecule has 1 heterocycles. The largest absolute Gasteiger partial charge is 0.481 e. The molecular formula is C17H18N2O5S. The number of carbonyl (C=O) groups is 2. The Bertz CT molecular complexity index is 744. The summed E-state index contributed by atoms with van der Waals surface area (Å²) < 4.78 is 0. The Labute approximate surface area is 148 Å². The van der Waals surface area contributed by atoms with Crippen LogP contribution in [0, 0.1) is 10.1 Å². The first-order valence-corrected chi connectivity index (χ1v) is 9.12. The second-order valence-corrected chi connectivity index (χ2v) is 7.19. The van der Waals surface area contributed by atoms with E-state index in [0.717, 1.165) is 42.4 Å². The third-order valence-electron chi connectivity index (χ3n) is 4.48. The van der Waals surface area contributed by atoms with Gasteiger partial charge >= 0.3 is 5.97 Å². The molecule has 1 unspecified atom stereocenters. The molecule has 1 aromatic rings. The van der Waals surface area contributed by atoms with E-state index >= 15 is 0 Å². The average Bonchev–Trinajstić information content (AvgIpc) is 2.86. The summed E-state index contributed by atoms with van der Waals surface area (Å²) in [6.07, 6.45) is 3.57. The zero-order valence-electron chi connectivity index (χ0n) is 13.5. The minimum Gasteiger partial charge on any atom is -0.481 e. The summed E-state index contributed by atoms with van der Waals surface area (Å²) in [6, 6.07) is 6.12. The molecule has 25 heavy (non-hydrogen) atoms. The monoisotopic (exact) mass is 362 g/mol. The molecule has 8 heteroatoms. The Morgan fingerprint density at radius 1 is 1.28 bits per heavy atom. The number of nitrogens with zero attached hydrogens (tertiary/aromatic N) is 2. The van der Waals surface area contributed by atoms with E-state index in [1.165, 1.54) is 23.9 Å². The molecule has 0 saturated carbocycles. The van der Waals surface area contributed by atoms with Gasteiger partial charge in [-0.2, -0.15) is 0 Å². The van der Waals surface area contributed by atoms with Crippen LogP contribution in [0.3, 0.4) is 0 Å². The number of thioether (sulfide) groups is 1. The van der Waals surface area contributed by atoms with Gasteiger partial charge in [-0.3, -0.25) is 19.7 Å². The van der Waals surface area contributed by atoms with Crippen LogP contribution in [0.25, 0.3) is 0 Å². The molecule has 3 rings (SSSR count). The molecule has 0 saturated heterocycles. The van der Waals surface area contributed by atoms with E-state index in [2.05, 4.69) is 0 Å². The Hall–Kier alpha value is -2.35. The van der Waals surface area contributed by atoms with Crippen LogP contribution >= 0.6 is 11.8 Å². The maximum absolute atomic E-state index is 12.8. The Balaban J connectivity index is 1.81. The molecule has 0 radical (unpaired) electrons. The molecule has 1 aromatic carbocycles. The first-order chi connectivity index (χ1) is 12.0. The lowest BCUT2D eigenvalue weighted by Crippen LogP contribution is -2.33. The standard InChI is InChI=1S/C17H18N2O5S/c20-15(21)10-25-17-14-4-2-1-3-13(14)16(22)18(17)9-11-5-7-12(8-6-11)19(23)24/h5-8,17H,1-4,9-10H2,(H,20,21). The first kappa shape index (κ1) is 17.5. The zero-order valence-corrected chi connectivity index (χ0v) is 14.3. The van der Waals surface area contributed by atoms with Crippen LogP contribution in [0.1, 0.15) is 31.2 Å². The first-order valence-electron chi connectivity index (χ1n) is 8.07. The normalized spacial score (nSPS) is 19.9. The van der Waals surface area contributed by atoms with Crippen LogP contribution in [0.4, 0.5) is 5.69 Å². The van der Waals surface area contributed by atoms with E-state index in [9.17, 15) is 19.7 Å². The molecule has 2 aliphatic rings. The lowest BCUT2D eigenvalue weighted by Gasteiger charge is -2.26. The lowest BCUT2D eigenvalue weighted by atomic mass is 9.94. The molecule has 1 amide bonds. The van der Waals surface area contributed by atoms with Crippen molar-refractivity contribution in [2.75, 3.05) is 5.75 Å². The van der Waals surface area contributed by atoms with E-state index in [0.29, 0.717) is 6.54 Å². The van der Waals surface area contributed by atoms with Gasteiger partial charge in [0.05, 0.1) is 10.7 Å². The van der Waals surface area contributed by atoms with Crippen molar-refractivity contribution in [1.29, 1.82) is 0 Å². The summed E-state index contributed by atoms with van der Waals surface area (Å²) in [5.74, 6) is -1.00. The van der Waals surface area contributed by atoms with Gasteiger partial charge in [-0.15, -0.1) is 11.8 Å². The summed E-state index contributed by atoms with van der Waals surface area (Å²) in [5.41, 5.74) is 2.69. The average molecular weight is 362 g/mol. The highest BCUT2D eigenvalue weighted by atomic mass is 32.2. The fourth-order valence-corrected chi connectivity index (χ4v) is 4.44. The SMILES string of the molecule is O=C(O)CSC1C2=C(CCCC2)C(=O)N1Cc1ccc([N+](=O)[O-])cc1. The van der Waals surface area contributed by atoms with E-state index in [1.807, 2.05) is 0 Å². The Morgan fingerprint density at radius 2 is 1.96 bits per heavy atom. The summed E-state index contributed by atoms with van der Waals surface area (Å²) in [6.45, 7) is 0.321. The Kier molecular flexibility index (Phi) is 5.08. The molecule has 0 spiro atoms. The van der Waals surface area contributed by atoms with Gasteiger partial charge in [0.15, 0.2) is 0 Å². The molecule has 1 aliphatic heterocycles. The minimum atomic E-state index is -0.905. The molecule has 0 aromatic heterocycles. The minimum absolute atomic E-state index is 0.00530. The van der Waals surface area contributed by atoms with Gasteiger partial charge in [0.2, 0.25) is 0 Å². The van der Waals surface area contributed by atoms with Crippen molar-refractivity contribution in [2.45, 2.75) is 37.6 Å². The zero-order chi connectivity index (χ0) is 18.0. The third-order valence-corrected chi connectivity index (χ3v) is 5.74. The number of rotatable bonds is 6. The number of nitro benzene ring substituents is 1. The quantitative estimate of drug-likeness (QED) is 0.617. The van der Waals surface area contributed by atoms with E-state index in [-0.39, 0.29) is 22.7 Å². The van der Waals surface area contributed by atoms with Crippen LogP contribution in [0.2, 0.25) is 0 Å². The number of hydrogen-bond acceptors (Lipinski definition) is 5. The topological polar surface area (TPSA) is 101 Å². The van der Waals surface area contributed by atoms with Gasteiger partial charge < -0.3 is 10.0 Å². The van der Waals surface area contributed by atoms with Crippen molar-refractivity contribution in [3.05, 3.63) is 51.1 Å². The second kappa shape index (κ2) is 7.26. The molecule has 1 aliphatic carbocycles. The number of amides is 1. The summed E-state index contributed by atoms with van der Waals surface area (Å²) in [4.78, 5) is 35.7. The number of carboxylic acids is 1. The number of non-ortho nitro benzene ring substituents is 1. The molecule has 132 valence electrons.